The molecule has 1 atom stereocenters. The molecule has 0 bridgehead atoms. The van der Waals surface area contributed by atoms with Gasteiger partial charge in [0.05, 0.1) is 24.8 Å². The van der Waals surface area contributed by atoms with Crippen molar-refractivity contribution in [3.05, 3.63) is 63.6 Å². The number of aliphatic hydroxyl groups is 1. The number of hydrogen-bond donors (Lipinski definition) is 2. The van der Waals surface area contributed by atoms with Gasteiger partial charge in [-0.05, 0) is 31.4 Å². The standard InChI is InChI=1S/C16H16N2O4S/c1-10-14(11(2)22-18-10)15(19)17-9-16(20,12-5-6-21-8-12)13-4-3-7-23-13/h3-8,20H,9H2,1-2H3,(H,17,19)/t16-/m0/s1. The van der Waals surface area contributed by atoms with Gasteiger partial charge in [0, 0.05) is 10.4 Å². The number of amides is 1. The third-order valence-corrected chi connectivity index (χ3v) is 4.71. The predicted octanol–water partition coefficient (Wildman–Crippen LogP) is 2.61. The van der Waals surface area contributed by atoms with E-state index < -0.39 is 5.60 Å². The molecule has 0 aliphatic carbocycles. The molecule has 6 nitrogen and oxygen atoms in total. The molecule has 3 heterocycles. The normalized spacial score (nSPS) is 13.7. The van der Waals surface area contributed by atoms with Crippen LogP contribution in [0.5, 0.6) is 0 Å². The number of nitrogens with zero attached hydrogens (tertiary/aromatic N) is 1. The molecule has 3 aromatic heterocycles. The van der Waals surface area contributed by atoms with Crippen LogP contribution in [0.3, 0.4) is 0 Å². The summed E-state index contributed by atoms with van der Waals surface area (Å²) >= 11 is 1.41. The first-order valence-corrected chi connectivity index (χ1v) is 7.90. The van der Waals surface area contributed by atoms with Gasteiger partial charge in [0.1, 0.15) is 16.9 Å². The van der Waals surface area contributed by atoms with Crippen LogP contribution in [0.1, 0.15) is 32.3 Å². The second-order valence-corrected chi connectivity index (χ2v) is 6.18. The minimum absolute atomic E-state index is 0.00986. The van der Waals surface area contributed by atoms with Gasteiger partial charge in [-0.1, -0.05) is 11.2 Å². The Morgan fingerprint density at radius 1 is 1.43 bits per heavy atom. The summed E-state index contributed by atoms with van der Waals surface area (Å²) in [7, 11) is 0. The van der Waals surface area contributed by atoms with Gasteiger partial charge >= 0.3 is 0 Å². The lowest BCUT2D eigenvalue weighted by molar-refractivity contribution is 0.0713. The SMILES string of the molecule is Cc1noc(C)c1C(=O)NC[C@](O)(c1ccoc1)c1cccs1. The van der Waals surface area contributed by atoms with Crippen LogP contribution < -0.4 is 5.32 Å². The Labute approximate surface area is 136 Å². The number of aryl methyl sites for hydroxylation is 2. The summed E-state index contributed by atoms with van der Waals surface area (Å²) in [5.74, 6) is 0.114. The highest BCUT2D eigenvalue weighted by Gasteiger charge is 2.34. The van der Waals surface area contributed by atoms with Gasteiger partial charge in [-0.3, -0.25) is 4.79 Å². The van der Waals surface area contributed by atoms with E-state index >= 15 is 0 Å². The first-order chi connectivity index (χ1) is 11.0. The van der Waals surface area contributed by atoms with Gasteiger partial charge in [-0.15, -0.1) is 11.3 Å². The van der Waals surface area contributed by atoms with E-state index in [1.54, 1.807) is 19.9 Å². The highest BCUT2D eigenvalue weighted by molar-refractivity contribution is 7.10. The van der Waals surface area contributed by atoms with Crippen molar-refractivity contribution in [3.8, 4) is 0 Å². The minimum atomic E-state index is -1.35. The second kappa shape index (κ2) is 6.02. The van der Waals surface area contributed by atoms with Crippen molar-refractivity contribution < 1.29 is 18.8 Å². The predicted molar refractivity (Wildman–Crippen MR) is 84.3 cm³/mol. The number of nitrogens with one attached hydrogen (secondary N) is 1. The van der Waals surface area contributed by atoms with E-state index in [4.69, 9.17) is 8.94 Å². The van der Waals surface area contributed by atoms with E-state index in [0.29, 0.717) is 22.6 Å². The highest BCUT2D eigenvalue weighted by Crippen LogP contribution is 2.32. The molecule has 0 aromatic carbocycles. The number of hydrogen-bond acceptors (Lipinski definition) is 6. The fourth-order valence-corrected chi connectivity index (χ4v) is 3.29. The van der Waals surface area contributed by atoms with Crippen molar-refractivity contribution in [2.45, 2.75) is 19.4 Å². The van der Waals surface area contributed by atoms with Gasteiger partial charge in [0.25, 0.3) is 5.91 Å². The fourth-order valence-electron chi connectivity index (χ4n) is 2.45. The summed E-state index contributed by atoms with van der Waals surface area (Å²) in [6.45, 7) is 3.39. The molecule has 0 radical (unpaired) electrons. The largest absolute Gasteiger partial charge is 0.472 e. The Hall–Kier alpha value is -2.38. The molecule has 3 aromatic rings. The Bertz CT molecular complexity index is 737. The van der Waals surface area contributed by atoms with Crippen LogP contribution in [0.4, 0.5) is 0 Å². The molecule has 7 heteroatoms. The van der Waals surface area contributed by atoms with E-state index in [-0.39, 0.29) is 12.5 Å². The van der Waals surface area contributed by atoms with Crippen LogP contribution in [0.15, 0.2) is 45.0 Å². The van der Waals surface area contributed by atoms with Crippen molar-refractivity contribution >= 4 is 17.2 Å². The van der Waals surface area contributed by atoms with E-state index in [2.05, 4.69) is 10.5 Å². The molecular formula is C16H16N2O4S. The number of carbonyl (C=O) groups excluding carboxylic acids is 1. The van der Waals surface area contributed by atoms with Crippen LogP contribution in [-0.2, 0) is 5.60 Å². The van der Waals surface area contributed by atoms with E-state index in [9.17, 15) is 9.90 Å². The average molecular weight is 332 g/mol. The molecule has 0 aliphatic rings. The maximum atomic E-state index is 12.4. The number of carbonyl (C=O) groups is 1. The van der Waals surface area contributed by atoms with Crippen molar-refractivity contribution in [2.75, 3.05) is 6.54 Å². The molecule has 23 heavy (non-hydrogen) atoms. The maximum absolute atomic E-state index is 12.4. The second-order valence-electron chi connectivity index (χ2n) is 5.23. The number of furan rings is 1. The molecule has 0 unspecified atom stereocenters. The first kappa shape index (κ1) is 15.5. The molecule has 0 fully saturated rings. The van der Waals surface area contributed by atoms with Gasteiger partial charge in [0.2, 0.25) is 0 Å². The zero-order valence-corrected chi connectivity index (χ0v) is 13.5. The fraction of sp³-hybridized carbons (Fsp3) is 0.250. The maximum Gasteiger partial charge on any atom is 0.256 e. The molecule has 1 amide bonds. The number of aromatic nitrogens is 1. The van der Waals surface area contributed by atoms with Gasteiger partial charge in [-0.25, -0.2) is 0 Å². The van der Waals surface area contributed by atoms with Crippen LogP contribution in [0.25, 0.3) is 0 Å². The summed E-state index contributed by atoms with van der Waals surface area (Å²) in [6, 6.07) is 5.35. The summed E-state index contributed by atoms with van der Waals surface area (Å²) in [6.07, 6.45) is 2.96. The monoisotopic (exact) mass is 332 g/mol. The number of rotatable bonds is 5. The van der Waals surface area contributed by atoms with Crippen LogP contribution in [0.2, 0.25) is 0 Å². The average Bonchev–Trinajstić information content (AvgIpc) is 3.27. The summed E-state index contributed by atoms with van der Waals surface area (Å²) in [4.78, 5) is 13.1. The third kappa shape index (κ3) is 2.80. The van der Waals surface area contributed by atoms with Gasteiger partial charge in [-0.2, -0.15) is 0 Å². The Morgan fingerprint density at radius 3 is 2.83 bits per heavy atom. The lowest BCUT2D eigenvalue weighted by Crippen LogP contribution is -2.41. The molecule has 0 saturated heterocycles. The van der Waals surface area contributed by atoms with Crippen molar-refractivity contribution in [1.82, 2.24) is 10.5 Å². The van der Waals surface area contributed by atoms with Crippen molar-refractivity contribution in [3.63, 3.8) is 0 Å². The first-order valence-electron chi connectivity index (χ1n) is 7.02. The lowest BCUT2D eigenvalue weighted by Gasteiger charge is -2.26. The lowest BCUT2D eigenvalue weighted by atomic mass is 9.94. The van der Waals surface area contributed by atoms with Crippen molar-refractivity contribution in [1.29, 1.82) is 0 Å². The topological polar surface area (TPSA) is 88.5 Å². The van der Waals surface area contributed by atoms with Gasteiger partial charge in [0.15, 0.2) is 0 Å². The summed E-state index contributed by atoms with van der Waals surface area (Å²) < 4.78 is 10.1. The van der Waals surface area contributed by atoms with Gasteiger partial charge < -0.3 is 19.4 Å². The molecule has 120 valence electrons. The summed E-state index contributed by atoms with van der Waals surface area (Å²) in [5.41, 5.74) is 0.142. The van der Waals surface area contributed by atoms with Crippen LogP contribution in [0, 0.1) is 13.8 Å². The number of thiophene rings is 1. The summed E-state index contributed by atoms with van der Waals surface area (Å²) in [5, 5.41) is 19.5. The smallest absolute Gasteiger partial charge is 0.256 e. The molecular weight excluding hydrogens is 316 g/mol. The Balaban J connectivity index is 1.85. The minimum Gasteiger partial charge on any atom is -0.472 e. The third-order valence-electron chi connectivity index (χ3n) is 3.69. The molecule has 3 rings (SSSR count). The Morgan fingerprint density at radius 2 is 2.26 bits per heavy atom. The zero-order valence-electron chi connectivity index (χ0n) is 12.7. The van der Waals surface area contributed by atoms with E-state index in [1.165, 1.54) is 23.9 Å². The van der Waals surface area contributed by atoms with E-state index in [1.807, 2.05) is 17.5 Å². The highest BCUT2D eigenvalue weighted by atomic mass is 32.1. The van der Waals surface area contributed by atoms with Crippen molar-refractivity contribution in [2.24, 2.45) is 0 Å². The van der Waals surface area contributed by atoms with E-state index in [0.717, 1.165) is 4.88 Å². The van der Waals surface area contributed by atoms with Crippen LogP contribution in [-0.4, -0.2) is 22.7 Å². The quantitative estimate of drug-likeness (QED) is 0.750. The molecule has 0 aliphatic heterocycles. The Kier molecular flexibility index (Phi) is 4.06. The zero-order chi connectivity index (χ0) is 16.4. The van der Waals surface area contributed by atoms with Crippen LogP contribution >= 0.6 is 11.3 Å². The molecule has 2 N–H and O–H groups in total. The molecule has 0 saturated carbocycles. The molecule has 0 spiro atoms.